The average molecular weight is 315 g/mol. The van der Waals surface area contributed by atoms with Gasteiger partial charge in [0, 0.05) is 30.1 Å². The van der Waals surface area contributed by atoms with Crippen molar-refractivity contribution in [2.24, 2.45) is 5.73 Å². The Labute approximate surface area is 120 Å². The quantitative estimate of drug-likeness (QED) is 0.847. The van der Waals surface area contributed by atoms with Crippen LogP contribution in [-0.2, 0) is 11.3 Å². The lowest BCUT2D eigenvalue weighted by Gasteiger charge is -2.11. The highest BCUT2D eigenvalue weighted by Crippen LogP contribution is 2.24. The second-order valence-electron chi connectivity index (χ2n) is 3.45. The molecule has 0 saturated heterocycles. The zero-order chi connectivity index (χ0) is 13.5. The van der Waals surface area contributed by atoms with Crippen molar-refractivity contribution in [3.05, 3.63) is 28.8 Å². The number of carbonyl (C=O) groups excluding carboxylic acids is 1. The van der Waals surface area contributed by atoms with Crippen molar-refractivity contribution in [1.82, 2.24) is 5.32 Å². The minimum atomic E-state index is -2.93. The summed E-state index contributed by atoms with van der Waals surface area (Å²) in [5.74, 6) is -0.275. The zero-order valence-electron chi connectivity index (χ0n) is 9.87. The summed E-state index contributed by atoms with van der Waals surface area (Å²) >= 11 is 5.75. The predicted molar refractivity (Wildman–Crippen MR) is 70.9 cm³/mol. The standard InChI is InChI=1S/C11H13ClF2N2O2.ClH/c12-8-1-2-9(18-11(13)14)7(5-8)6-16-10(17)3-4-15;/h1-2,5,11H,3-4,6,15H2,(H,16,17);1H. The molecular weight excluding hydrogens is 301 g/mol. The molecule has 1 amide bonds. The molecule has 1 aromatic rings. The Morgan fingerprint density at radius 1 is 1.47 bits per heavy atom. The third-order valence-corrected chi connectivity index (χ3v) is 2.32. The molecule has 0 atom stereocenters. The first-order valence-electron chi connectivity index (χ1n) is 5.23. The third-order valence-electron chi connectivity index (χ3n) is 2.09. The second kappa shape index (κ2) is 8.90. The molecule has 8 heteroatoms. The van der Waals surface area contributed by atoms with Crippen LogP contribution in [0, 0.1) is 0 Å². The van der Waals surface area contributed by atoms with Crippen LogP contribution in [0.15, 0.2) is 18.2 Å². The fourth-order valence-electron chi connectivity index (χ4n) is 1.31. The number of carbonyl (C=O) groups is 1. The van der Waals surface area contributed by atoms with Gasteiger partial charge >= 0.3 is 6.61 Å². The number of rotatable bonds is 6. The number of amides is 1. The van der Waals surface area contributed by atoms with Gasteiger partial charge < -0.3 is 15.8 Å². The van der Waals surface area contributed by atoms with E-state index in [0.29, 0.717) is 10.6 Å². The zero-order valence-corrected chi connectivity index (χ0v) is 11.4. The summed E-state index contributed by atoms with van der Waals surface area (Å²) in [6.45, 7) is -2.65. The van der Waals surface area contributed by atoms with Gasteiger partial charge in [0.15, 0.2) is 0 Å². The van der Waals surface area contributed by atoms with Gasteiger partial charge in [-0.15, -0.1) is 12.4 Å². The lowest BCUT2D eigenvalue weighted by atomic mass is 10.2. The van der Waals surface area contributed by atoms with Crippen molar-refractivity contribution in [3.8, 4) is 5.75 Å². The summed E-state index contributed by atoms with van der Waals surface area (Å²) in [5, 5.41) is 2.91. The van der Waals surface area contributed by atoms with Crippen LogP contribution in [0.3, 0.4) is 0 Å². The fourth-order valence-corrected chi connectivity index (χ4v) is 1.51. The maximum atomic E-state index is 12.2. The molecule has 3 N–H and O–H groups in total. The third kappa shape index (κ3) is 6.56. The maximum Gasteiger partial charge on any atom is 0.387 e. The fraction of sp³-hybridized carbons (Fsp3) is 0.364. The van der Waals surface area contributed by atoms with E-state index in [1.807, 2.05) is 0 Å². The van der Waals surface area contributed by atoms with Gasteiger partial charge in [0.1, 0.15) is 5.75 Å². The van der Waals surface area contributed by atoms with Gasteiger partial charge in [0.25, 0.3) is 0 Å². The predicted octanol–water partition coefficient (Wildman–Crippen LogP) is 2.33. The largest absolute Gasteiger partial charge is 0.434 e. The van der Waals surface area contributed by atoms with E-state index in [0.717, 1.165) is 0 Å². The van der Waals surface area contributed by atoms with Crippen LogP contribution in [-0.4, -0.2) is 19.1 Å². The van der Waals surface area contributed by atoms with Crippen LogP contribution < -0.4 is 15.8 Å². The maximum absolute atomic E-state index is 12.2. The normalized spacial score (nSPS) is 9.95. The monoisotopic (exact) mass is 314 g/mol. The summed E-state index contributed by atoms with van der Waals surface area (Å²) in [4.78, 5) is 11.2. The Kier molecular flexibility index (Phi) is 8.38. The molecule has 0 aromatic heterocycles. The summed E-state index contributed by atoms with van der Waals surface area (Å²) in [6, 6.07) is 4.23. The van der Waals surface area contributed by atoms with Crippen LogP contribution >= 0.6 is 24.0 Å². The van der Waals surface area contributed by atoms with Crippen molar-refractivity contribution in [2.45, 2.75) is 19.6 Å². The molecular formula is C11H14Cl2F2N2O2. The molecule has 4 nitrogen and oxygen atoms in total. The summed E-state index contributed by atoms with van der Waals surface area (Å²) in [6.07, 6.45) is 0.172. The SMILES string of the molecule is Cl.NCCC(=O)NCc1cc(Cl)ccc1OC(F)F. The molecule has 0 spiro atoms. The summed E-state index contributed by atoms with van der Waals surface area (Å²) < 4.78 is 28.6. The number of nitrogens with one attached hydrogen (secondary N) is 1. The van der Waals surface area contributed by atoms with E-state index in [-0.39, 0.29) is 43.6 Å². The Balaban J connectivity index is 0.00000324. The van der Waals surface area contributed by atoms with Crippen LogP contribution in [0.5, 0.6) is 5.75 Å². The van der Waals surface area contributed by atoms with Crippen molar-refractivity contribution < 1.29 is 18.3 Å². The highest BCUT2D eigenvalue weighted by Gasteiger charge is 2.11. The van der Waals surface area contributed by atoms with Gasteiger partial charge in [-0.3, -0.25) is 4.79 Å². The van der Waals surface area contributed by atoms with Gasteiger partial charge in [-0.2, -0.15) is 8.78 Å². The minimum Gasteiger partial charge on any atom is -0.434 e. The number of ether oxygens (including phenoxy) is 1. The minimum absolute atomic E-state index is 0. The van der Waals surface area contributed by atoms with Gasteiger partial charge in [-0.1, -0.05) is 11.6 Å². The lowest BCUT2D eigenvalue weighted by molar-refractivity contribution is -0.121. The highest BCUT2D eigenvalue weighted by molar-refractivity contribution is 6.30. The molecule has 0 bridgehead atoms. The molecule has 108 valence electrons. The average Bonchev–Trinajstić information content (AvgIpc) is 2.29. The van der Waals surface area contributed by atoms with Gasteiger partial charge in [0.2, 0.25) is 5.91 Å². The van der Waals surface area contributed by atoms with Crippen LogP contribution in [0.1, 0.15) is 12.0 Å². The van der Waals surface area contributed by atoms with Crippen molar-refractivity contribution in [2.75, 3.05) is 6.54 Å². The molecule has 0 aliphatic rings. The van der Waals surface area contributed by atoms with Crippen molar-refractivity contribution in [1.29, 1.82) is 0 Å². The van der Waals surface area contributed by atoms with Crippen LogP contribution in [0.4, 0.5) is 8.78 Å². The molecule has 1 aromatic carbocycles. The number of alkyl halides is 2. The van der Waals surface area contributed by atoms with Crippen LogP contribution in [0.2, 0.25) is 5.02 Å². The van der Waals surface area contributed by atoms with Gasteiger partial charge in [0.05, 0.1) is 0 Å². The molecule has 19 heavy (non-hydrogen) atoms. The first-order chi connectivity index (χ1) is 8.52. The van der Waals surface area contributed by atoms with E-state index in [4.69, 9.17) is 17.3 Å². The Morgan fingerprint density at radius 2 is 2.16 bits per heavy atom. The number of hydrogen-bond acceptors (Lipinski definition) is 3. The topological polar surface area (TPSA) is 64.4 Å². The second-order valence-corrected chi connectivity index (χ2v) is 3.88. The number of hydrogen-bond donors (Lipinski definition) is 2. The molecule has 0 unspecified atom stereocenters. The summed E-state index contributed by atoms with van der Waals surface area (Å²) in [7, 11) is 0. The Morgan fingerprint density at radius 3 is 2.74 bits per heavy atom. The highest BCUT2D eigenvalue weighted by atomic mass is 35.5. The van der Waals surface area contributed by atoms with Gasteiger partial charge in [-0.05, 0) is 18.2 Å². The molecule has 0 fully saturated rings. The number of nitrogens with two attached hydrogens (primary N) is 1. The van der Waals surface area contributed by atoms with Crippen molar-refractivity contribution >= 4 is 29.9 Å². The molecule has 0 aliphatic carbocycles. The van der Waals surface area contributed by atoms with E-state index in [2.05, 4.69) is 10.1 Å². The van der Waals surface area contributed by atoms with E-state index in [1.165, 1.54) is 18.2 Å². The first kappa shape index (κ1) is 17.9. The van der Waals surface area contributed by atoms with E-state index in [9.17, 15) is 13.6 Å². The smallest absolute Gasteiger partial charge is 0.387 e. The molecule has 0 aliphatic heterocycles. The molecule has 1 rings (SSSR count). The summed E-state index contributed by atoms with van der Waals surface area (Å²) in [5.41, 5.74) is 5.60. The molecule has 0 heterocycles. The number of halogens is 4. The van der Waals surface area contributed by atoms with E-state index < -0.39 is 6.61 Å². The molecule has 0 radical (unpaired) electrons. The van der Waals surface area contributed by atoms with Crippen molar-refractivity contribution in [3.63, 3.8) is 0 Å². The number of benzene rings is 1. The lowest BCUT2D eigenvalue weighted by Crippen LogP contribution is -2.25. The van der Waals surface area contributed by atoms with E-state index >= 15 is 0 Å². The Bertz CT molecular complexity index is 420. The first-order valence-corrected chi connectivity index (χ1v) is 5.60. The van der Waals surface area contributed by atoms with Crippen LogP contribution in [0.25, 0.3) is 0 Å². The molecule has 0 saturated carbocycles. The van der Waals surface area contributed by atoms with E-state index in [1.54, 1.807) is 0 Å². The Hall–Kier alpha value is -1.11. The van der Waals surface area contributed by atoms with Gasteiger partial charge in [-0.25, -0.2) is 0 Å².